The zero-order valence-corrected chi connectivity index (χ0v) is 10.1. The van der Waals surface area contributed by atoms with Gasteiger partial charge in [-0.2, -0.15) is 0 Å². The van der Waals surface area contributed by atoms with Crippen molar-refractivity contribution in [2.24, 2.45) is 0 Å². The van der Waals surface area contributed by atoms with Gasteiger partial charge in [-0.25, -0.2) is 0 Å². The molecule has 0 atom stereocenters. The van der Waals surface area contributed by atoms with E-state index in [1.54, 1.807) is 0 Å². The predicted molar refractivity (Wildman–Crippen MR) is 63.6 cm³/mol. The summed E-state index contributed by atoms with van der Waals surface area (Å²) in [4.78, 5) is 0. The van der Waals surface area contributed by atoms with Gasteiger partial charge in [-0.15, -0.1) is 11.3 Å². The monoisotopic (exact) mass is 254 g/mol. The summed E-state index contributed by atoms with van der Waals surface area (Å²) in [6.07, 6.45) is 1.10. The molecular weight excluding hydrogens is 244 g/mol. The van der Waals surface area contributed by atoms with Crippen molar-refractivity contribution in [3.63, 3.8) is 0 Å². The Bertz CT molecular complexity index is 443. The lowest BCUT2D eigenvalue weighted by Crippen LogP contribution is -1.88. The molecule has 0 radical (unpaired) electrons. The molecule has 0 aliphatic rings. The number of rotatable bonds is 1. The Labute approximate surface area is 90.7 Å². The van der Waals surface area contributed by atoms with E-state index in [1.807, 2.05) is 11.3 Å². The molecular formula is C11H11BrS. The Morgan fingerprint density at radius 1 is 1.46 bits per heavy atom. The average molecular weight is 255 g/mol. The quantitative estimate of drug-likeness (QED) is 0.702. The van der Waals surface area contributed by atoms with Gasteiger partial charge in [0.05, 0.1) is 0 Å². The minimum atomic E-state index is 1.10. The topological polar surface area (TPSA) is 0 Å². The third-order valence-electron chi connectivity index (χ3n) is 2.41. The van der Waals surface area contributed by atoms with E-state index >= 15 is 0 Å². The Morgan fingerprint density at radius 3 is 2.92 bits per heavy atom. The fourth-order valence-corrected chi connectivity index (χ4v) is 3.45. The molecule has 0 aliphatic heterocycles. The second kappa shape index (κ2) is 3.43. The number of aryl methyl sites for hydroxylation is 1. The van der Waals surface area contributed by atoms with Gasteiger partial charge in [0.2, 0.25) is 0 Å². The van der Waals surface area contributed by atoms with Crippen molar-refractivity contribution in [1.29, 1.82) is 0 Å². The van der Waals surface area contributed by atoms with Crippen LogP contribution in [0.15, 0.2) is 22.0 Å². The van der Waals surface area contributed by atoms with Crippen molar-refractivity contribution in [3.05, 3.63) is 33.1 Å². The fraction of sp³-hybridized carbons (Fsp3) is 0.273. The normalized spacial score (nSPS) is 11.0. The standard InChI is InChI=1S/C11H11BrS/c1-3-9-7(2)11-8(4-5-13-11)6-10(9)12/h4-6H,3H2,1-2H3. The number of benzene rings is 1. The Morgan fingerprint density at radius 2 is 2.23 bits per heavy atom. The zero-order valence-electron chi connectivity index (χ0n) is 7.73. The van der Waals surface area contributed by atoms with E-state index in [0.29, 0.717) is 0 Å². The predicted octanol–water partition coefficient (Wildman–Crippen LogP) is 4.53. The van der Waals surface area contributed by atoms with E-state index < -0.39 is 0 Å². The van der Waals surface area contributed by atoms with Crippen LogP contribution in [0, 0.1) is 6.92 Å². The largest absolute Gasteiger partial charge is 0.144 e. The molecule has 0 fully saturated rings. The number of halogens is 1. The Kier molecular flexibility index (Phi) is 2.43. The van der Waals surface area contributed by atoms with E-state index in [1.165, 1.54) is 25.7 Å². The van der Waals surface area contributed by atoms with Gasteiger partial charge in [0.1, 0.15) is 0 Å². The van der Waals surface area contributed by atoms with Gasteiger partial charge < -0.3 is 0 Å². The summed E-state index contributed by atoms with van der Waals surface area (Å²) in [6, 6.07) is 4.40. The third kappa shape index (κ3) is 1.42. The number of hydrogen-bond donors (Lipinski definition) is 0. The SMILES string of the molecule is CCc1c(Br)cc2ccsc2c1C. The minimum absolute atomic E-state index is 1.10. The smallest absolute Gasteiger partial charge is 0.0375 e. The van der Waals surface area contributed by atoms with Gasteiger partial charge in [0, 0.05) is 9.17 Å². The maximum absolute atomic E-state index is 3.62. The molecule has 1 aromatic heterocycles. The summed E-state index contributed by atoms with van der Waals surface area (Å²) in [6.45, 7) is 4.41. The van der Waals surface area contributed by atoms with E-state index in [0.717, 1.165) is 6.42 Å². The van der Waals surface area contributed by atoms with E-state index in [-0.39, 0.29) is 0 Å². The highest BCUT2D eigenvalue weighted by atomic mass is 79.9. The Hall–Kier alpha value is -0.340. The molecule has 0 saturated heterocycles. The molecule has 13 heavy (non-hydrogen) atoms. The molecule has 0 bridgehead atoms. The summed E-state index contributed by atoms with van der Waals surface area (Å²) in [5.41, 5.74) is 2.87. The van der Waals surface area contributed by atoms with Crippen LogP contribution in [0.3, 0.4) is 0 Å². The first-order valence-electron chi connectivity index (χ1n) is 4.39. The van der Waals surface area contributed by atoms with Crippen LogP contribution >= 0.6 is 27.3 Å². The van der Waals surface area contributed by atoms with Gasteiger partial charge in [-0.05, 0) is 47.4 Å². The summed E-state index contributed by atoms with van der Waals surface area (Å²) in [5.74, 6) is 0. The van der Waals surface area contributed by atoms with Crippen molar-refractivity contribution in [2.75, 3.05) is 0 Å². The third-order valence-corrected chi connectivity index (χ3v) is 4.17. The van der Waals surface area contributed by atoms with Crippen LogP contribution in [0.4, 0.5) is 0 Å². The van der Waals surface area contributed by atoms with Crippen molar-refractivity contribution in [3.8, 4) is 0 Å². The van der Waals surface area contributed by atoms with Crippen molar-refractivity contribution in [1.82, 2.24) is 0 Å². The van der Waals surface area contributed by atoms with E-state index in [2.05, 4.69) is 47.3 Å². The number of fused-ring (bicyclic) bond motifs is 1. The highest BCUT2D eigenvalue weighted by molar-refractivity contribution is 9.10. The molecule has 1 aromatic carbocycles. The molecule has 0 aliphatic carbocycles. The van der Waals surface area contributed by atoms with E-state index in [4.69, 9.17) is 0 Å². The van der Waals surface area contributed by atoms with Crippen LogP contribution in [0.1, 0.15) is 18.1 Å². The molecule has 68 valence electrons. The first-order valence-corrected chi connectivity index (χ1v) is 6.06. The maximum Gasteiger partial charge on any atom is 0.0375 e. The molecule has 0 amide bonds. The second-order valence-corrected chi connectivity index (χ2v) is 4.92. The van der Waals surface area contributed by atoms with E-state index in [9.17, 15) is 0 Å². The lowest BCUT2D eigenvalue weighted by molar-refractivity contribution is 1.11. The molecule has 0 nitrogen and oxygen atoms in total. The zero-order chi connectivity index (χ0) is 9.42. The van der Waals surface area contributed by atoms with Gasteiger partial charge in [0.15, 0.2) is 0 Å². The molecule has 0 unspecified atom stereocenters. The van der Waals surface area contributed by atoms with Crippen molar-refractivity contribution >= 4 is 37.4 Å². The second-order valence-electron chi connectivity index (χ2n) is 3.15. The summed E-state index contributed by atoms with van der Waals surface area (Å²) in [7, 11) is 0. The first kappa shape index (κ1) is 9.22. The van der Waals surface area contributed by atoms with Crippen LogP contribution in [-0.4, -0.2) is 0 Å². The van der Waals surface area contributed by atoms with Crippen LogP contribution in [-0.2, 0) is 6.42 Å². The summed E-state index contributed by atoms with van der Waals surface area (Å²) < 4.78 is 2.68. The maximum atomic E-state index is 3.62. The van der Waals surface area contributed by atoms with Gasteiger partial charge in [0.25, 0.3) is 0 Å². The molecule has 2 aromatic rings. The molecule has 2 rings (SSSR count). The highest BCUT2D eigenvalue weighted by Gasteiger charge is 2.07. The van der Waals surface area contributed by atoms with Crippen LogP contribution in [0.2, 0.25) is 0 Å². The minimum Gasteiger partial charge on any atom is -0.144 e. The number of thiophene rings is 1. The van der Waals surface area contributed by atoms with Crippen molar-refractivity contribution < 1.29 is 0 Å². The molecule has 0 saturated carbocycles. The fourth-order valence-electron chi connectivity index (χ4n) is 1.71. The molecule has 0 N–H and O–H groups in total. The summed E-state index contributed by atoms with van der Waals surface area (Å²) >= 11 is 5.45. The van der Waals surface area contributed by atoms with Crippen LogP contribution in [0.25, 0.3) is 10.1 Å². The van der Waals surface area contributed by atoms with Gasteiger partial charge in [-0.3, -0.25) is 0 Å². The lowest BCUT2D eigenvalue weighted by atomic mass is 10.0. The number of hydrogen-bond acceptors (Lipinski definition) is 1. The Balaban J connectivity index is 2.85. The van der Waals surface area contributed by atoms with Gasteiger partial charge >= 0.3 is 0 Å². The first-order chi connectivity index (χ1) is 6.24. The van der Waals surface area contributed by atoms with Crippen LogP contribution in [0.5, 0.6) is 0 Å². The highest BCUT2D eigenvalue weighted by Crippen LogP contribution is 2.32. The molecule has 2 heteroatoms. The average Bonchev–Trinajstić information content (AvgIpc) is 2.53. The lowest BCUT2D eigenvalue weighted by Gasteiger charge is -2.06. The van der Waals surface area contributed by atoms with Crippen LogP contribution < -0.4 is 0 Å². The molecule has 0 spiro atoms. The summed E-state index contributed by atoms with van der Waals surface area (Å²) in [5, 5.41) is 3.51. The molecule has 1 heterocycles. The van der Waals surface area contributed by atoms with Crippen molar-refractivity contribution in [2.45, 2.75) is 20.3 Å². The van der Waals surface area contributed by atoms with Gasteiger partial charge in [-0.1, -0.05) is 22.9 Å².